The van der Waals surface area contributed by atoms with Crippen molar-refractivity contribution >= 4 is 29.2 Å². The molecular formula is C28H30F3N5OS. The second-order valence-electron chi connectivity index (χ2n) is 9.81. The predicted octanol–water partition coefficient (Wildman–Crippen LogP) is 5.56. The van der Waals surface area contributed by atoms with Crippen molar-refractivity contribution in [3.8, 4) is 0 Å². The highest BCUT2D eigenvalue weighted by Crippen LogP contribution is 2.32. The highest BCUT2D eigenvalue weighted by molar-refractivity contribution is 7.98. The Bertz CT molecular complexity index is 1290. The molecule has 0 bridgehead atoms. The Morgan fingerprint density at radius 3 is 2.47 bits per heavy atom. The van der Waals surface area contributed by atoms with Crippen LogP contribution in [0.5, 0.6) is 0 Å². The van der Waals surface area contributed by atoms with Crippen LogP contribution >= 0.6 is 11.8 Å². The number of hydrogen-bond donors (Lipinski definition) is 1. The van der Waals surface area contributed by atoms with E-state index in [1.807, 2.05) is 42.2 Å². The van der Waals surface area contributed by atoms with Crippen molar-refractivity contribution in [1.29, 1.82) is 0 Å². The largest absolute Gasteiger partial charge is 0.416 e. The Kier molecular flexibility index (Phi) is 7.78. The molecule has 1 saturated heterocycles. The quantitative estimate of drug-likeness (QED) is 0.298. The molecule has 6 nitrogen and oxygen atoms in total. The number of thioether (sulfide) groups is 1. The molecule has 2 aromatic carbocycles. The van der Waals surface area contributed by atoms with Crippen LogP contribution in [0.25, 0.3) is 0 Å². The third kappa shape index (κ3) is 6.78. The van der Waals surface area contributed by atoms with Crippen LogP contribution in [0.2, 0.25) is 0 Å². The Hall–Kier alpha value is -3.27. The van der Waals surface area contributed by atoms with Crippen LogP contribution in [0.3, 0.4) is 0 Å². The Morgan fingerprint density at radius 2 is 1.74 bits per heavy atom. The van der Waals surface area contributed by atoms with E-state index in [0.717, 1.165) is 29.7 Å². The summed E-state index contributed by atoms with van der Waals surface area (Å²) < 4.78 is 39.4. The van der Waals surface area contributed by atoms with Gasteiger partial charge in [-0.15, -0.1) is 0 Å². The maximum absolute atomic E-state index is 13.1. The minimum absolute atomic E-state index is 0.0397. The summed E-state index contributed by atoms with van der Waals surface area (Å²) in [6, 6.07) is 15.1. The number of amides is 1. The first-order valence-corrected chi connectivity index (χ1v) is 13.8. The third-order valence-corrected chi connectivity index (χ3v) is 7.69. The van der Waals surface area contributed by atoms with E-state index < -0.39 is 11.7 Å². The molecule has 0 radical (unpaired) electrons. The molecule has 1 aromatic heterocycles. The van der Waals surface area contributed by atoms with E-state index in [0.29, 0.717) is 54.3 Å². The number of hydrogen-bond acceptors (Lipinski definition) is 6. The van der Waals surface area contributed by atoms with Crippen molar-refractivity contribution in [2.75, 3.05) is 42.5 Å². The first kappa shape index (κ1) is 26.3. The highest BCUT2D eigenvalue weighted by Gasteiger charge is 2.31. The summed E-state index contributed by atoms with van der Waals surface area (Å²) >= 11 is 1.52. The number of nitrogens with zero attached hydrogens (tertiary/aromatic N) is 4. The van der Waals surface area contributed by atoms with E-state index in [9.17, 15) is 18.0 Å². The smallest absolute Gasteiger partial charge is 0.368 e. The van der Waals surface area contributed by atoms with Crippen molar-refractivity contribution in [1.82, 2.24) is 15.3 Å². The predicted molar refractivity (Wildman–Crippen MR) is 144 cm³/mol. The van der Waals surface area contributed by atoms with E-state index in [2.05, 4.69) is 15.2 Å². The molecule has 1 aliphatic heterocycles. The van der Waals surface area contributed by atoms with Gasteiger partial charge in [-0.3, -0.25) is 4.79 Å². The number of carbonyl (C=O) groups is 1. The molecule has 3 aromatic rings. The van der Waals surface area contributed by atoms with Crippen molar-refractivity contribution in [2.45, 2.75) is 36.9 Å². The van der Waals surface area contributed by atoms with E-state index in [4.69, 9.17) is 4.98 Å². The lowest BCUT2D eigenvalue weighted by molar-refractivity contribution is -0.137. The summed E-state index contributed by atoms with van der Waals surface area (Å²) in [6.07, 6.45) is -1.96. The Labute approximate surface area is 224 Å². The van der Waals surface area contributed by atoms with E-state index in [1.54, 1.807) is 6.07 Å². The summed E-state index contributed by atoms with van der Waals surface area (Å²) in [4.78, 5) is 25.9. The van der Waals surface area contributed by atoms with Gasteiger partial charge in [0.2, 0.25) is 0 Å². The van der Waals surface area contributed by atoms with Crippen LogP contribution in [0, 0.1) is 12.8 Å². The molecule has 1 amide bonds. The number of piperazine rings is 1. The summed E-state index contributed by atoms with van der Waals surface area (Å²) in [6.45, 7) is 5.17. The average molecular weight is 542 g/mol. The van der Waals surface area contributed by atoms with E-state index in [-0.39, 0.29) is 5.91 Å². The van der Waals surface area contributed by atoms with E-state index in [1.165, 1.54) is 36.7 Å². The number of nitrogens with one attached hydrogen (secondary N) is 1. The number of benzene rings is 2. The van der Waals surface area contributed by atoms with Crippen molar-refractivity contribution in [3.63, 3.8) is 0 Å². The molecule has 0 spiro atoms. The molecule has 0 unspecified atom stereocenters. The first-order valence-electron chi connectivity index (χ1n) is 12.8. The molecular weight excluding hydrogens is 511 g/mol. The lowest BCUT2D eigenvalue weighted by Crippen LogP contribution is -2.47. The number of aryl methyl sites for hydroxylation is 1. The van der Waals surface area contributed by atoms with Gasteiger partial charge in [0.05, 0.1) is 5.56 Å². The highest BCUT2D eigenvalue weighted by atomic mass is 32.2. The zero-order valence-corrected chi connectivity index (χ0v) is 22.0. The Morgan fingerprint density at radius 1 is 1.00 bits per heavy atom. The maximum Gasteiger partial charge on any atom is 0.416 e. The number of anilines is 2. The normalized spacial score (nSPS) is 16.0. The molecule has 2 aliphatic rings. The summed E-state index contributed by atoms with van der Waals surface area (Å²) in [5, 5.41) is 3.66. The summed E-state index contributed by atoms with van der Waals surface area (Å²) in [7, 11) is 0. The van der Waals surface area contributed by atoms with E-state index >= 15 is 0 Å². The second kappa shape index (κ2) is 11.2. The van der Waals surface area contributed by atoms with Crippen LogP contribution < -0.4 is 15.1 Å². The van der Waals surface area contributed by atoms with Gasteiger partial charge in [-0.05, 0) is 61.6 Å². The molecule has 200 valence electrons. The van der Waals surface area contributed by atoms with Gasteiger partial charge < -0.3 is 15.1 Å². The molecule has 2 fully saturated rings. The molecule has 2 heterocycles. The SMILES string of the molecule is Cc1cc(N2CCN(c3cccc(C(F)(F)F)c3)CC2)nc(SCc2cccc(C(=O)NCC3CC3)c2)n1. The average Bonchev–Trinajstić information content (AvgIpc) is 3.75. The summed E-state index contributed by atoms with van der Waals surface area (Å²) in [5.41, 5.74) is 2.49. The van der Waals surface area contributed by atoms with Gasteiger partial charge in [-0.25, -0.2) is 9.97 Å². The van der Waals surface area contributed by atoms with Gasteiger partial charge in [-0.2, -0.15) is 13.2 Å². The second-order valence-corrected chi connectivity index (χ2v) is 10.8. The minimum Gasteiger partial charge on any atom is -0.368 e. The van der Waals surface area contributed by atoms with Crippen LogP contribution in [-0.4, -0.2) is 48.6 Å². The monoisotopic (exact) mass is 541 g/mol. The molecule has 1 saturated carbocycles. The van der Waals surface area contributed by atoms with Gasteiger partial charge in [0.15, 0.2) is 5.16 Å². The Balaban J connectivity index is 1.19. The topological polar surface area (TPSA) is 61.4 Å². The van der Waals surface area contributed by atoms with Gasteiger partial charge in [0.25, 0.3) is 5.91 Å². The van der Waals surface area contributed by atoms with Gasteiger partial charge in [0.1, 0.15) is 5.82 Å². The first-order chi connectivity index (χ1) is 18.2. The number of alkyl halides is 3. The van der Waals surface area contributed by atoms with Gasteiger partial charge in [-0.1, -0.05) is 30.0 Å². The molecule has 38 heavy (non-hydrogen) atoms. The van der Waals surface area contributed by atoms with Crippen molar-refractivity contribution in [2.24, 2.45) is 5.92 Å². The number of rotatable bonds is 8. The fourth-order valence-electron chi connectivity index (χ4n) is 4.44. The maximum atomic E-state index is 13.1. The zero-order chi connectivity index (χ0) is 26.7. The van der Waals surface area contributed by atoms with Crippen LogP contribution in [-0.2, 0) is 11.9 Å². The lowest BCUT2D eigenvalue weighted by atomic mass is 10.1. The van der Waals surface area contributed by atoms with Crippen LogP contribution in [0.4, 0.5) is 24.7 Å². The van der Waals surface area contributed by atoms with Crippen molar-refractivity contribution < 1.29 is 18.0 Å². The molecule has 1 aliphatic carbocycles. The fraction of sp³-hybridized carbons (Fsp3) is 0.393. The number of carbonyl (C=O) groups excluding carboxylic acids is 1. The standard InChI is InChI=1S/C28H30F3N5OS/c1-19-14-25(36-12-10-35(11-13-36)24-7-3-6-23(16-24)28(29,30)31)34-27(33-19)38-18-21-4-2-5-22(15-21)26(37)32-17-20-8-9-20/h2-7,14-16,20H,8-13,17-18H2,1H3,(H,32,37). The van der Waals surface area contributed by atoms with Crippen molar-refractivity contribution in [3.05, 3.63) is 77.0 Å². The molecule has 0 atom stereocenters. The summed E-state index contributed by atoms with van der Waals surface area (Å²) in [5.74, 6) is 2.04. The van der Waals surface area contributed by atoms with Crippen LogP contribution in [0.1, 0.15) is 40.0 Å². The lowest BCUT2D eigenvalue weighted by Gasteiger charge is -2.37. The molecule has 10 heteroatoms. The van der Waals surface area contributed by atoms with Crippen LogP contribution in [0.15, 0.2) is 59.8 Å². The zero-order valence-electron chi connectivity index (χ0n) is 21.2. The van der Waals surface area contributed by atoms with Gasteiger partial charge in [0, 0.05) is 61.5 Å². The fourth-order valence-corrected chi connectivity index (χ4v) is 5.28. The molecule has 1 N–H and O–H groups in total. The number of aromatic nitrogens is 2. The number of halogens is 3. The minimum atomic E-state index is -4.35. The molecule has 5 rings (SSSR count). The third-order valence-electron chi connectivity index (χ3n) is 6.77. The van der Waals surface area contributed by atoms with Gasteiger partial charge >= 0.3 is 6.18 Å².